The first-order valence-electron chi connectivity index (χ1n) is 13.8. The van der Waals surface area contributed by atoms with Gasteiger partial charge in [0.25, 0.3) is 11.5 Å². The topological polar surface area (TPSA) is 300 Å². The molecule has 4 aromatic rings. The molecule has 1 saturated carbocycles. The number of imidazole rings is 2. The number of nitrogens with one attached hydrogen (secondary N) is 1. The molecule has 254 valence electrons. The second-order valence-corrected chi connectivity index (χ2v) is 13.8. The van der Waals surface area contributed by atoms with Crippen LogP contribution in [0, 0.1) is 5.41 Å². The van der Waals surface area contributed by atoms with Crippen molar-refractivity contribution in [2.45, 2.75) is 56.0 Å². The van der Waals surface area contributed by atoms with E-state index in [0.717, 1.165) is 17.2 Å². The van der Waals surface area contributed by atoms with E-state index >= 15 is 8.78 Å². The van der Waals surface area contributed by atoms with Crippen LogP contribution in [0.5, 0.6) is 0 Å². The molecule has 0 radical (unpaired) electrons. The second-order valence-electron chi connectivity index (χ2n) is 11.2. The minimum absolute atomic E-state index is 0.00359. The molecule has 2 saturated heterocycles. The van der Waals surface area contributed by atoms with Gasteiger partial charge in [-0.05, 0) is 12.8 Å². The van der Waals surface area contributed by atoms with Gasteiger partial charge in [0.15, 0.2) is 28.9 Å². The van der Waals surface area contributed by atoms with E-state index in [-0.39, 0.29) is 34.1 Å². The zero-order chi connectivity index (χ0) is 33.5. The zero-order valence-corrected chi connectivity index (χ0v) is 25.5. The first kappa shape index (κ1) is 32.1. The smallest absolute Gasteiger partial charge is 0.382 e. The van der Waals surface area contributed by atoms with Crippen molar-refractivity contribution < 1.29 is 55.6 Å². The van der Waals surface area contributed by atoms with Crippen LogP contribution in [0.15, 0.2) is 23.8 Å². The minimum atomic E-state index is -5.18. The predicted octanol–water partition coefficient (Wildman–Crippen LogP) is 0.336. The summed E-state index contributed by atoms with van der Waals surface area (Å²) in [4.78, 5) is 63.7. The lowest BCUT2D eigenvalue weighted by Crippen LogP contribution is -2.37. The number of hydrogen-bond acceptors (Lipinski definition) is 15. The number of rotatable bonds is 10. The van der Waals surface area contributed by atoms with Crippen LogP contribution in [-0.2, 0) is 32.2 Å². The van der Waals surface area contributed by atoms with Crippen molar-refractivity contribution in [2.24, 2.45) is 5.41 Å². The van der Waals surface area contributed by atoms with Gasteiger partial charge in [0.05, 0.1) is 43.5 Å². The maximum absolute atomic E-state index is 15.2. The summed E-state index contributed by atoms with van der Waals surface area (Å²) in [6, 6.07) is 0. The molecular formula is C22H26F2N10O11P2. The van der Waals surface area contributed by atoms with Gasteiger partial charge < -0.3 is 35.6 Å². The fourth-order valence-electron chi connectivity index (χ4n) is 6.07. The highest BCUT2D eigenvalue weighted by Gasteiger charge is 2.84. The number of aromatic nitrogens is 8. The highest BCUT2D eigenvalue weighted by atomic mass is 31.2. The number of phosphoric ester groups is 2. The molecule has 4 aromatic heterocycles. The largest absolute Gasteiger partial charge is 0.472 e. The van der Waals surface area contributed by atoms with Crippen LogP contribution in [0.2, 0.25) is 0 Å². The van der Waals surface area contributed by atoms with Gasteiger partial charge in [0.2, 0.25) is 5.95 Å². The lowest BCUT2D eigenvalue weighted by molar-refractivity contribution is -0.0540. The summed E-state index contributed by atoms with van der Waals surface area (Å²) in [5, 5.41) is 0. The van der Waals surface area contributed by atoms with Crippen LogP contribution in [0.3, 0.4) is 0 Å². The number of H-pyrrole nitrogens is 1. The molecule has 0 aromatic carbocycles. The Morgan fingerprint density at radius 3 is 2.45 bits per heavy atom. The fraction of sp³-hybridized carbons (Fsp3) is 0.545. The van der Waals surface area contributed by atoms with E-state index in [4.69, 9.17) is 30.0 Å². The molecule has 25 heteroatoms. The normalized spacial score (nSPS) is 30.0. The van der Waals surface area contributed by atoms with E-state index in [1.807, 2.05) is 0 Å². The molecule has 6 heterocycles. The number of hydrogen-bond donors (Lipinski definition) is 6. The number of phosphoric acid groups is 2. The molecular weight excluding hydrogens is 680 g/mol. The fourth-order valence-corrected chi connectivity index (χ4v) is 7.39. The summed E-state index contributed by atoms with van der Waals surface area (Å²) in [7, 11) is -10.3. The van der Waals surface area contributed by atoms with E-state index in [1.165, 1.54) is 10.9 Å². The highest BCUT2D eigenvalue weighted by molar-refractivity contribution is 7.47. The molecule has 1 unspecified atom stereocenters. The van der Waals surface area contributed by atoms with Crippen molar-refractivity contribution in [1.82, 2.24) is 39.0 Å². The van der Waals surface area contributed by atoms with Crippen LogP contribution in [0.1, 0.15) is 31.7 Å². The van der Waals surface area contributed by atoms with Gasteiger partial charge in [0, 0.05) is 6.42 Å². The van der Waals surface area contributed by atoms with Gasteiger partial charge in [-0.1, -0.05) is 0 Å². The van der Waals surface area contributed by atoms with Crippen molar-refractivity contribution in [1.29, 1.82) is 0 Å². The third-order valence-electron chi connectivity index (χ3n) is 8.29. The first-order valence-corrected chi connectivity index (χ1v) is 16.8. The van der Waals surface area contributed by atoms with Gasteiger partial charge in [-0.2, -0.15) is 4.98 Å². The quantitative estimate of drug-likeness (QED) is 0.121. The summed E-state index contributed by atoms with van der Waals surface area (Å²) in [5.41, 5.74) is 8.82. The maximum atomic E-state index is 15.2. The van der Waals surface area contributed by atoms with Crippen molar-refractivity contribution in [2.75, 3.05) is 24.7 Å². The molecule has 2 aliphatic heterocycles. The summed E-state index contributed by atoms with van der Waals surface area (Å²) in [6.07, 6.45) is -3.54. The number of anilines is 2. The van der Waals surface area contributed by atoms with Crippen LogP contribution >= 0.6 is 15.6 Å². The van der Waals surface area contributed by atoms with E-state index < -0.39 is 82.9 Å². The summed E-state index contributed by atoms with van der Waals surface area (Å²) < 4.78 is 84.5. The standard InChI is InChI=1S/C22H26F2N10O11P2/c23-22(24)5-21(22)10(4-41-46(36,37)38)44-19(34-8-29-12-15(25)27-6-28-16(12)34)14(21)45-47(39,40)42-3-9-1-2-11(43-9)33-7-30-13-17(33)31-20(26)32-18(13)35/h6-11,14,19H,1-5H2,(H,39,40)(H2,25,27,28)(H2,36,37,38)(H3,26,31,32,35)/t9-,10+,11+,14-,19+,21+/m0/s1. The molecule has 3 aliphatic rings. The van der Waals surface area contributed by atoms with E-state index in [9.17, 15) is 28.6 Å². The molecule has 0 amide bonds. The number of halogens is 2. The Morgan fingerprint density at radius 1 is 1.00 bits per heavy atom. The van der Waals surface area contributed by atoms with Gasteiger partial charge in [0.1, 0.15) is 24.2 Å². The molecule has 21 nitrogen and oxygen atoms in total. The van der Waals surface area contributed by atoms with Crippen LogP contribution in [0.25, 0.3) is 22.3 Å². The number of alkyl halides is 2. The summed E-state index contributed by atoms with van der Waals surface area (Å²) in [5.74, 6) is -3.77. The first-order chi connectivity index (χ1) is 22.1. The molecule has 7 atom stereocenters. The Kier molecular flexibility index (Phi) is 7.52. The Bertz CT molecular complexity index is 2020. The van der Waals surface area contributed by atoms with Gasteiger partial charge >= 0.3 is 15.6 Å². The third-order valence-corrected chi connectivity index (χ3v) is 9.74. The SMILES string of the molecule is Nc1nc2c(ncn2[C@H]2CC[C@@H](COP(=O)(O)O[C@H]3[C@H](n4cnc5c(N)ncnc54)O[C@H](COP(=O)(O)O)[C@]34CC4(F)F)O2)c(=O)[nH]1. The van der Waals surface area contributed by atoms with Crippen molar-refractivity contribution in [3.05, 3.63) is 29.3 Å². The number of ether oxygens (including phenoxy) is 2. The number of nitrogens with two attached hydrogens (primary N) is 2. The van der Waals surface area contributed by atoms with Crippen molar-refractivity contribution in [3.8, 4) is 0 Å². The lowest BCUT2D eigenvalue weighted by atomic mass is 9.94. The van der Waals surface area contributed by atoms with E-state index in [2.05, 4.69) is 34.4 Å². The molecule has 0 bridgehead atoms. The Balaban J connectivity index is 1.12. The van der Waals surface area contributed by atoms with Crippen LogP contribution in [0.4, 0.5) is 20.5 Å². The molecule has 3 fully saturated rings. The summed E-state index contributed by atoms with van der Waals surface area (Å²) in [6.45, 7) is -1.53. The lowest BCUT2D eigenvalue weighted by Gasteiger charge is -2.27. The van der Waals surface area contributed by atoms with Crippen LogP contribution < -0.4 is 17.0 Å². The van der Waals surface area contributed by atoms with Gasteiger partial charge in [-0.15, -0.1) is 0 Å². The maximum Gasteiger partial charge on any atom is 0.472 e. The van der Waals surface area contributed by atoms with E-state index in [0.29, 0.717) is 12.8 Å². The number of nitrogen functional groups attached to an aromatic ring is 2. The average molecular weight is 706 g/mol. The number of aromatic amines is 1. The third kappa shape index (κ3) is 5.61. The zero-order valence-electron chi connectivity index (χ0n) is 23.7. The average Bonchev–Trinajstić information content (AvgIpc) is 3.56. The number of fused-ring (bicyclic) bond motifs is 2. The highest BCUT2D eigenvalue weighted by Crippen LogP contribution is 2.73. The second kappa shape index (κ2) is 11.0. The molecule has 8 N–H and O–H groups in total. The molecule has 47 heavy (non-hydrogen) atoms. The monoisotopic (exact) mass is 706 g/mol. The molecule has 7 rings (SSSR count). The predicted molar refractivity (Wildman–Crippen MR) is 150 cm³/mol. The Morgan fingerprint density at radius 2 is 1.72 bits per heavy atom. The minimum Gasteiger partial charge on any atom is -0.382 e. The van der Waals surface area contributed by atoms with Crippen molar-refractivity contribution in [3.63, 3.8) is 0 Å². The molecule has 1 aliphatic carbocycles. The van der Waals surface area contributed by atoms with Crippen LogP contribution in [-0.4, -0.2) is 91.2 Å². The van der Waals surface area contributed by atoms with Crippen molar-refractivity contribution >= 4 is 49.7 Å². The number of nitrogens with zero attached hydrogens (tertiary/aromatic N) is 7. The van der Waals surface area contributed by atoms with Gasteiger partial charge in [-0.3, -0.25) is 32.5 Å². The Hall–Kier alpha value is -3.50. The van der Waals surface area contributed by atoms with Gasteiger partial charge in [-0.25, -0.2) is 37.8 Å². The summed E-state index contributed by atoms with van der Waals surface area (Å²) >= 11 is 0. The van der Waals surface area contributed by atoms with E-state index in [1.54, 1.807) is 0 Å². The Labute approximate surface area is 260 Å². The molecule has 1 spiro atoms.